The van der Waals surface area contributed by atoms with Crippen molar-refractivity contribution in [1.82, 2.24) is 0 Å². The number of nitrogens with zero attached hydrogens (tertiary/aromatic N) is 1. The number of ether oxygens (including phenoxy) is 3. The van der Waals surface area contributed by atoms with Gasteiger partial charge in [-0.05, 0) is 30.3 Å². The number of methoxy groups -OCH3 is 2. The number of sulfonamides is 1. The Morgan fingerprint density at radius 1 is 1.07 bits per heavy atom. The molecule has 2 N–H and O–H groups in total. The maximum Gasteiger partial charge on any atom is 0.339 e. The molecule has 1 aliphatic rings. The molecule has 1 aliphatic heterocycles. The number of hydrogen-bond donors (Lipinski definition) is 1. The molecule has 30 heavy (non-hydrogen) atoms. The van der Waals surface area contributed by atoms with Gasteiger partial charge in [0, 0.05) is 0 Å². The third-order valence-corrected chi connectivity index (χ3v) is 6.25. The van der Waals surface area contributed by atoms with Crippen LogP contribution in [0.25, 0.3) is 0 Å². The predicted octanol–water partition coefficient (Wildman–Crippen LogP) is 0.701. The molecular formula is C19H18N2O8S. The first-order valence-electron chi connectivity index (χ1n) is 8.59. The van der Waals surface area contributed by atoms with Crippen LogP contribution in [-0.4, -0.2) is 53.1 Å². The molecule has 0 unspecified atom stereocenters. The SMILES string of the molecule is COC(=O)c1ccc(C(=O)OC)c(S(=O)(=O)N2C[C@@H](C(N)=O)Oc3ccccc32)c1. The van der Waals surface area contributed by atoms with Crippen LogP contribution in [0.1, 0.15) is 20.7 Å². The van der Waals surface area contributed by atoms with E-state index in [0.717, 1.165) is 30.7 Å². The second-order valence-electron chi connectivity index (χ2n) is 6.21. The number of para-hydroxylation sites is 2. The number of amides is 1. The molecule has 2 aromatic rings. The largest absolute Gasteiger partial charge is 0.476 e. The van der Waals surface area contributed by atoms with E-state index in [9.17, 15) is 22.8 Å². The van der Waals surface area contributed by atoms with Gasteiger partial charge in [0.25, 0.3) is 15.9 Å². The van der Waals surface area contributed by atoms with Gasteiger partial charge in [-0.3, -0.25) is 9.10 Å². The Bertz CT molecular complexity index is 1130. The van der Waals surface area contributed by atoms with Gasteiger partial charge >= 0.3 is 11.9 Å². The Morgan fingerprint density at radius 3 is 2.37 bits per heavy atom. The van der Waals surface area contributed by atoms with Crippen molar-refractivity contribution in [3.8, 4) is 5.75 Å². The Hall–Kier alpha value is -3.60. The third-order valence-electron chi connectivity index (χ3n) is 4.43. The van der Waals surface area contributed by atoms with E-state index in [4.69, 9.17) is 10.5 Å². The maximum absolute atomic E-state index is 13.6. The zero-order chi connectivity index (χ0) is 22.1. The highest BCUT2D eigenvalue weighted by molar-refractivity contribution is 7.93. The standard InChI is InChI=1S/C19H18N2O8S/c1-27-18(23)11-7-8-12(19(24)28-2)16(9-11)30(25,26)21-10-15(17(20)22)29-14-6-4-3-5-13(14)21/h3-9,15H,10H2,1-2H3,(H2,20,22)/t15-/m0/s1. The Balaban J connectivity index is 2.22. The molecule has 0 saturated carbocycles. The number of fused-ring (bicyclic) bond motifs is 1. The lowest BCUT2D eigenvalue weighted by Crippen LogP contribution is -2.49. The van der Waals surface area contributed by atoms with Crippen LogP contribution in [0.5, 0.6) is 5.75 Å². The zero-order valence-corrected chi connectivity index (χ0v) is 16.8. The molecule has 0 aliphatic carbocycles. The van der Waals surface area contributed by atoms with Crippen molar-refractivity contribution in [2.24, 2.45) is 5.73 Å². The van der Waals surface area contributed by atoms with Crippen LogP contribution in [-0.2, 0) is 24.3 Å². The Kier molecular flexibility index (Phi) is 5.65. The average molecular weight is 434 g/mol. The minimum atomic E-state index is -4.45. The molecule has 11 heteroatoms. The number of rotatable bonds is 5. The maximum atomic E-state index is 13.6. The van der Waals surface area contributed by atoms with Crippen LogP contribution in [0.4, 0.5) is 5.69 Å². The van der Waals surface area contributed by atoms with Gasteiger partial charge in [-0.15, -0.1) is 0 Å². The van der Waals surface area contributed by atoms with Crippen molar-refractivity contribution in [2.45, 2.75) is 11.0 Å². The van der Waals surface area contributed by atoms with Gasteiger partial charge in [-0.2, -0.15) is 0 Å². The molecule has 0 spiro atoms. The van der Waals surface area contributed by atoms with E-state index in [-0.39, 0.29) is 22.6 Å². The van der Waals surface area contributed by atoms with E-state index < -0.39 is 45.4 Å². The summed E-state index contributed by atoms with van der Waals surface area (Å²) in [7, 11) is -2.22. The van der Waals surface area contributed by atoms with Crippen molar-refractivity contribution >= 4 is 33.6 Å². The van der Waals surface area contributed by atoms with Crippen LogP contribution >= 0.6 is 0 Å². The summed E-state index contributed by atoms with van der Waals surface area (Å²) < 4.78 is 42.9. The number of carbonyl (C=O) groups excluding carboxylic acids is 3. The van der Waals surface area contributed by atoms with Gasteiger partial charge in [-0.1, -0.05) is 12.1 Å². The minimum absolute atomic E-state index is 0.0864. The van der Waals surface area contributed by atoms with Gasteiger partial charge in [0.15, 0.2) is 6.10 Å². The molecule has 0 saturated heterocycles. The fourth-order valence-electron chi connectivity index (χ4n) is 2.96. The number of carbonyl (C=O) groups is 3. The summed E-state index contributed by atoms with van der Waals surface area (Å²) in [5.41, 5.74) is 5.10. The summed E-state index contributed by atoms with van der Waals surface area (Å²) in [6.07, 6.45) is -1.25. The van der Waals surface area contributed by atoms with E-state index in [1.165, 1.54) is 18.2 Å². The van der Waals surface area contributed by atoms with Crippen molar-refractivity contribution in [1.29, 1.82) is 0 Å². The average Bonchev–Trinajstić information content (AvgIpc) is 2.76. The monoisotopic (exact) mass is 434 g/mol. The van der Waals surface area contributed by atoms with Crippen molar-refractivity contribution in [3.05, 3.63) is 53.6 Å². The van der Waals surface area contributed by atoms with Crippen molar-refractivity contribution < 1.29 is 37.0 Å². The smallest absolute Gasteiger partial charge is 0.339 e. The van der Waals surface area contributed by atoms with E-state index in [0.29, 0.717) is 0 Å². The minimum Gasteiger partial charge on any atom is -0.476 e. The van der Waals surface area contributed by atoms with Gasteiger partial charge in [0.05, 0.1) is 37.6 Å². The quantitative estimate of drug-likeness (QED) is 0.678. The lowest BCUT2D eigenvalue weighted by Gasteiger charge is -2.34. The number of benzene rings is 2. The Labute approximate surface area is 172 Å². The fraction of sp³-hybridized carbons (Fsp3) is 0.211. The van der Waals surface area contributed by atoms with Crippen LogP contribution in [0.3, 0.4) is 0 Å². The molecule has 0 radical (unpaired) electrons. The summed E-state index contributed by atoms with van der Waals surface area (Å²) in [5.74, 6) is -2.45. The predicted molar refractivity (Wildman–Crippen MR) is 104 cm³/mol. The summed E-state index contributed by atoms with van der Waals surface area (Å²) >= 11 is 0. The highest BCUT2D eigenvalue weighted by Crippen LogP contribution is 2.37. The van der Waals surface area contributed by atoms with E-state index >= 15 is 0 Å². The number of esters is 2. The highest BCUT2D eigenvalue weighted by Gasteiger charge is 2.38. The van der Waals surface area contributed by atoms with E-state index in [2.05, 4.69) is 9.47 Å². The van der Waals surface area contributed by atoms with Crippen molar-refractivity contribution in [3.63, 3.8) is 0 Å². The Morgan fingerprint density at radius 2 is 1.73 bits per heavy atom. The lowest BCUT2D eigenvalue weighted by atomic mass is 10.1. The first kappa shape index (κ1) is 21.1. The molecule has 10 nitrogen and oxygen atoms in total. The molecule has 0 fully saturated rings. The number of primary amides is 1. The fourth-order valence-corrected chi connectivity index (χ4v) is 4.64. The lowest BCUT2D eigenvalue weighted by molar-refractivity contribution is -0.124. The normalized spacial score (nSPS) is 15.5. The molecule has 1 amide bonds. The molecule has 1 heterocycles. The van der Waals surface area contributed by atoms with Gasteiger partial charge < -0.3 is 19.9 Å². The number of anilines is 1. The second-order valence-corrected chi connectivity index (χ2v) is 8.04. The van der Waals surface area contributed by atoms with Crippen molar-refractivity contribution in [2.75, 3.05) is 25.1 Å². The topological polar surface area (TPSA) is 142 Å². The molecule has 158 valence electrons. The van der Waals surface area contributed by atoms with Gasteiger partial charge in [0.1, 0.15) is 10.6 Å². The van der Waals surface area contributed by atoms with Gasteiger partial charge in [-0.25, -0.2) is 18.0 Å². The molecule has 0 bridgehead atoms. The van der Waals surface area contributed by atoms with Gasteiger partial charge in [0.2, 0.25) is 0 Å². The van der Waals surface area contributed by atoms with Crippen LogP contribution in [0.15, 0.2) is 47.4 Å². The van der Waals surface area contributed by atoms with E-state index in [1.807, 2.05) is 0 Å². The summed E-state index contributed by atoms with van der Waals surface area (Å²) in [4.78, 5) is 35.4. The zero-order valence-electron chi connectivity index (χ0n) is 16.0. The first-order valence-corrected chi connectivity index (χ1v) is 10.0. The van der Waals surface area contributed by atoms with Crippen LogP contribution in [0, 0.1) is 0 Å². The van der Waals surface area contributed by atoms with Crippen LogP contribution in [0.2, 0.25) is 0 Å². The number of nitrogens with two attached hydrogens (primary N) is 1. The molecule has 0 aromatic heterocycles. The summed E-state index contributed by atoms with van der Waals surface area (Å²) in [6, 6.07) is 9.57. The highest BCUT2D eigenvalue weighted by atomic mass is 32.2. The molecular weight excluding hydrogens is 416 g/mol. The second kappa shape index (κ2) is 8.03. The first-order chi connectivity index (χ1) is 14.2. The molecule has 1 atom stereocenters. The summed E-state index contributed by atoms with van der Waals surface area (Å²) in [5, 5.41) is 0. The van der Waals surface area contributed by atoms with E-state index in [1.54, 1.807) is 12.1 Å². The summed E-state index contributed by atoms with van der Waals surface area (Å²) in [6.45, 7) is -0.419. The number of hydrogen-bond acceptors (Lipinski definition) is 8. The van der Waals surface area contributed by atoms with Crippen LogP contribution < -0.4 is 14.8 Å². The molecule has 3 rings (SSSR count). The third kappa shape index (κ3) is 3.66. The molecule has 2 aromatic carbocycles.